The van der Waals surface area contributed by atoms with Gasteiger partial charge in [-0.05, 0) is 54.8 Å². The lowest BCUT2D eigenvalue weighted by Crippen LogP contribution is -2.25. The van der Waals surface area contributed by atoms with Gasteiger partial charge >= 0.3 is 0 Å². The van der Waals surface area contributed by atoms with E-state index in [4.69, 9.17) is 27.9 Å². The highest BCUT2D eigenvalue weighted by atomic mass is 35.5. The second kappa shape index (κ2) is 4.88. The van der Waals surface area contributed by atoms with Gasteiger partial charge in [0.05, 0.1) is 16.7 Å². The van der Waals surface area contributed by atoms with Crippen molar-refractivity contribution in [3.63, 3.8) is 0 Å². The first-order chi connectivity index (χ1) is 9.72. The Labute approximate surface area is 129 Å². The van der Waals surface area contributed by atoms with Gasteiger partial charge in [-0.2, -0.15) is 0 Å². The molecule has 1 saturated heterocycles. The minimum atomic E-state index is 0.234. The summed E-state index contributed by atoms with van der Waals surface area (Å²) >= 11 is 12.2. The van der Waals surface area contributed by atoms with E-state index in [0.717, 1.165) is 32.2 Å². The van der Waals surface area contributed by atoms with Crippen LogP contribution < -0.4 is 5.32 Å². The molecule has 108 valence electrons. The molecule has 1 aliphatic heterocycles. The summed E-state index contributed by atoms with van der Waals surface area (Å²) in [5.74, 6) is 2.17. The monoisotopic (exact) mass is 311 g/mol. The predicted octanol–water partition coefficient (Wildman–Crippen LogP) is 3.51. The van der Waals surface area contributed by atoms with Crippen LogP contribution in [0.15, 0.2) is 18.2 Å². The average Bonchev–Trinajstić information content (AvgIpc) is 3.32. The third kappa shape index (κ3) is 2.09. The number of benzene rings is 1. The highest BCUT2D eigenvalue weighted by Crippen LogP contribution is 2.62. The quantitative estimate of drug-likeness (QED) is 0.898. The summed E-state index contributed by atoms with van der Waals surface area (Å²) in [6.07, 6.45) is 2.71. The lowest BCUT2D eigenvalue weighted by atomic mass is 9.93. The number of nitrogens with one attached hydrogen (secondary N) is 1. The van der Waals surface area contributed by atoms with Crippen LogP contribution in [0.1, 0.15) is 18.4 Å². The normalized spacial score (nSPS) is 35.1. The molecule has 0 bridgehead atoms. The van der Waals surface area contributed by atoms with Crippen LogP contribution in [0.4, 0.5) is 0 Å². The van der Waals surface area contributed by atoms with Crippen LogP contribution in [0, 0.1) is 17.8 Å². The molecule has 0 amide bonds. The summed E-state index contributed by atoms with van der Waals surface area (Å²) in [6.45, 7) is 3.97. The number of fused-ring (bicyclic) bond motifs is 1. The Balaban J connectivity index is 1.50. The summed E-state index contributed by atoms with van der Waals surface area (Å²) in [5.41, 5.74) is 1.56. The minimum absolute atomic E-state index is 0.234. The fraction of sp³-hybridized carbons (Fsp3) is 0.625. The fourth-order valence-electron chi connectivity index (χ4n) is 3.85. The second-order valence-electron chi connectivity index (χ2n) is 6.49. The van der Waals surface area contributed by atoms with E-state index >= 15 is 0 Å². The maximum absolute atomic E-state index is 6.19. The maximum atomic E-state index is 6.19. The molecule has 2 saturated carbocycles. The zero-order valence-electron chi connectivity index (χ0n) is 11.4. The van der Waals surface area contributed by atoms with E-state index in [2.05, 4.69) is 11.4 Å². The van der Waals surface area contributed by atoms with Crippen molar-refractivity contribution in [2.75, 3.05) is 26.3 Å². The third-order valence-electron chi connectivity index (χ3n) is 5.29. The molecule has 0 radical (unpaired) electrons. The first-order valence-corrected chi connectivity index (χ1v) is 8.21. The Kier molecular flexibility index (Phi) is 3.26. The Morgan fingerprint density at radius 1 is 1.20 bits per heavy atom. The van der Waals surface area contributed by atoms with E-state index in [9.17, 15) is 0 Å². The summed E-state index contributed by atoms with van der Waals surface area (Å²) < 4.78 is 5.93. The topological polar surface area (TPSA) is 21.3 Å². The molecule has 0 aromatic heterocycles. The zero-order chi connectivity index (χ0) is 13.7. The first-order valence-electron chi connectivity index (χ1n) is 7.46. The Hall–Kier alpha value is -0.280. The van der Waals surface area contributed by atoms with Gasteiger partial charge in [-0.15, -0.1) is 0 Å². The molecule has 4 heteroatoms. The summed E-state index contributed by atoms with van der Waals surface area (Å²) in [5, 5.41) is 4.80. The molecular weight excluding hydrogens is 293 g/mol. The smallest absolute Gasteiger partial charge is 0.0595 e. The van der Waals surface area contributed by atoms with Gasteiger partial charge < -0.3 is 10.1 Å². The predicted molar refractivity (Wildman–Crippen MR) is 81.5 cm³/mol. The van der Waals surface area contributed by atoms with Crippen LogP contribution in [0.5, 0.6) is 0 Å². The summed E-state index contributed by atoms with van der Waals surface area (Å²) in [4.78, 5) is 0. The summed E-state index contributed by atoms with van der Waals surface area (Å²) in [6, 6.07) is 6.10. The van der Waals surface area contributed by atoms with Crippen LogP contribution in [0.2, 0.25) is 10.0 Å². The summed E-state index contributed by atoms with van der Waals surface area (Å²) in [7, 11) is 0. The van der Waals surface area contributed by atoms with Gasteiger partial charge in [0.15, 0.2) is 0 Å². The molecule has 4 rings (SSSR count). The minimum Gasteiger partial charge on any atom is -0.381 e. The van der Waals surface area contributed by atoms with Crippen molar-refractivity contribution in [3.8, 4) is 0 Å². The number of ether oxygens (including phenoxy) is 1. The molecule has 1 aromatic rings. The van der Waals surface area contributed by atoms with Crippen molar-refractivity contribution < 1.29 is 4.74 Å². The highest BCUT2D eigenvalue weighted by molar-refractivity contribution is 6.42. The number of rotatable bonds is 5. The SMILES string of the molecule is Clc1ccc([C@]23CNC[C@H]2[C@H]3COCC2CC2)cc1Cl. The Morgan fingerprint density at radius 2 is 2.05 bits per heavy atom. The molecule has 3 fully saturated rings. The highest BCUT2D eigenvalue weighted by Gasteiger charge is 2.67. The third-order valence-corrected chi connectivity index (χ3v) is 6.03. The first kappa shape index (κ1) is 13.4. The van der Waals surface area contributed by atoms with E-state index in [-0.39, 0.29) is 5.41 Å². The molecule has 1 N–H and O–H groups in total. The van der Waals surface area contributed by atoms with E-state index in [1.54, 1.807) is 0 Å². The number of piperidine rings is 1. The largest absolute Gasteiger partial charge is 0.381 e. The fourth-order valence-corrected chi connectivity index (χ4v) is 4.15. The average molecular weight is 312 g/mol. The van der Waals surface area contributed by atoms with Crippen LogP contribution >= 0.6 is 23.2 Å². The molecule has 3 aliphatic rings. The Bertz CT molecular complexity index is 531. The molecular formula is C16H19Cl2NO. The maximum Gasteiger partial charge on any atom is 0.0595 e. The van der Waals surface area contributed by atoms with Crippen molar-refractivity contribution in [1.29, 1.82) is 0 Å². The van der Waals surface area contributed by atoms with E-state index < -0.39 is 0 Å². The molecule has 1 heterocycles. The molecule has 1 aromatic carbocycles. The van der Waals surface area contributed by atoms with Gasteiger partial charge in [-0.25, -0.2) is 0 Å². The van der Waals surface area contributed by atoms with Gasteiger partial charge in [0.2, 0.25) is 0 Å². The van der Waals surface area contributed by atoms with Gasteiger partial charge in [0, 0.05) is 18.6 Å². The van der Waals surface area contributed by atoms with Crippen molar-refractivity contribution >= 4 is 23.2 Å². The molecule has 0 unspecified atom stereocenters. The van der Waals surface area contributed by atoms with Crippen molar-refractivity contribution in [1.82, 2.24) is 5.32 Å². The van der Waals surface area contributed by atoms with E-state index in [0.29, 0.717) is 21.9 Å². The van der Waals surface area contributed by atoms with Gasteiger partial charge in [0.1, 0.15) is 0 Å². The molecule has 0 spiro atoms. The van der Waals surface area contributed by atoms with Crippen LogP contribution in [-0.2, 0) is 10.2 Å². The van der Waals surface area contributed by atoms with Crippen molar-refractivity contribution in [2.24, 2.45) is 17.8 Å². The van der Waals surface area contributed by atoms with Crippen molar-refractivity contribution in [3.05, 3.63) is 33.8 Å². The van der Waals surface area contributed by atoms with Gasteiger partial charge in [-0.1, -0.05) is 29.3 Å². The number of hydrogen-bond acceptors (Lipinski definition) is 2. The van der Waals surface area contributed by atoms with Crippen LogP contribution in [0.25, 0.3) is 0 Å². The molecule has 20 heavy (non-hydrogen) atoms. The Morgan fingerprint density at radius 3 is 2.80 bits per heavy atom. The lowest BCUT2D eigenvalue weighted by molar-refractivity contribution is 0.106. The lowest BCUT2D eigenvalue weighted by Gasteiger charge is -2.17. The molecule has 2 nitrogen and oxygen atoms in total. The van der Waals surface area contributed by atoms with Crippen molar-refractivity contribution in [2.45, 2.75) is 18.3 Å². The van der Waals surface area contributed by atoms with E-state index in [1.165, 1.54) is 18.4 Å². The standard InChI is InChI=1S/C16H19Cl2NO/c17-14-4-3-11(5-15(14)18)16-9-19-6-12(16)13(16)8-20-7-10-1-2-10/h3-5,10,12-13,19H,1-2,6-9H2/t12-,13+,16+/m0/s1. The number of halogens is 2. The van der Waals surface area contributed by atoms with Gasteiger partial charge in [0.25, 0.3) is 0 Å². The van der Waals surface area contributed by atoms with Gasteiger partial charge in [-0.3, -0.25) is 0 Å². The number of hydrogen-bond donors (Lipinski definition) is 1. The zero-order valence-corrected chi connectivity index (χ0v) is 12.9. The van der Waals surface area contributed by atoms with Crippen LogP contribution in [0.3, 0.4) is 0 Å². The van der Waals surface area contributed by atoms with E-state index in [1.807, 2.05) is 12.1 Å². The second-order valence-corrected chi connectivity index (χ2v) is 7.31. The molecule has 3 atom stereocenters. The molecule has 2 aliphatic carbocycles. The van der Waals surface area contributed by atoms with Crippen LogP contribution in [-0.4, -0.2) is 26.3 Å².